The Hall–Kier alpha value is -2.38. The Balaban J connectivity index is 1.46. The Morgan fingerprint density at radius 2 is 1.30 bits per heavy atom. The molecular weight excluding hydrogens is 498 g/mol. The molecule has 2 amide bonds. The molecule has 0 saturated carbocycles. The average Bonchev–Trinajstić information content (AvgIpc) is 3.30. The molecule has 0 aliphatic rings. The highest BCUT2D eigenvalue weighted by atomic mass is 16.2. The van der Waals surface area contributed by atoms with E-state index in [1.165, 1.54) is 74.4 Å². The highest BCUT2D eigenvalue weighted by Crippen LogP contribution is 2.21. The zero-order chi connectivity index (χ0) is 28.8. The first-order valence-corrected chi connectivity index (χ1v) is 16.0. The summed E-state index contributed by atoms with van der Waals surface area (Å²) in [6.07, 6.45) is 18.3. The van der Waals surface area contributed by atoms with Gasteiger partial charge in [-0.3, -0.25) is 15.0 Å². The van der Waals surface area contributed by atoms with Gasteiger partial charge in [0.25, 0.3) is 0 Å². The smallest absolute Gasteiger partial charge is 0.221 e. The summed E-state index contributed by atoms with van der Waals surface area (Å²) in [5.41, 5.74) is 5.50. The summed E-state index contributed by atoms with van der Waals surface area (Å²) in [5.74, 6) is 0.271. The van der Waals surface area contributed by atoms with E-state index in [4.69, 9.17) is 0 Å². The van der Waals surface area contributed by atoms with Crippen LogP contribution in [0.5, 0.6) is 0 Å². The summed E-state index contributed by atoms with van der Waals surface area (Å²) >= 11 is 0. The van der Waals surface area contributed by atoms with Crippen molar-refractivity contribution in [1.29, 1.82) is 0 Å². The molecule has 1 aromatic heterocycles. The predicted octanol–water partition coefficient (Wildman–Crippen LogP) is 6.70. The second-order valence-corrected chi connectivity index (χ2v) is 11.2. The van der Waals surface area contributed by atoms with Crippen molar-refractivity contribution in [3.63, 3.8) is 0 Å². The van der Waals surface area contributed by atoms with Gasteiger partial charge in [0.05, 0.1) is 6.54 Å². The van der Waals surface area contributed by atoms with E-state index in [0.717, 1.165) is 45.2 Å². The van der Waals surface area contributed by atoms with Crippen LogP contribution in [-0.4, -0.2) is 48.6 Å². The van der Waals surface area contributed by atoms with Gasteiger partial charge in [-0.05, 0) is 50.2 Å². The minimum absolute atomic E-state index is 0.0889. The molecule has 1 heterocycles. The summed E-state index contributed by atoms with van der Waals surface area (Å²) in [7, 11) is 3.92. The van der Waals surface area contributed by atoms with E-state index in [0.29, 0.717) is 25.9 Å². The van der Waals surface area contributed by atoms with Gasteiger partial charge < -0.3 is 15.2 Å². The van der Waals surface area contributed by atoms with Crippen LogP contribution >= 0.6 is 0 Å². The van der Waals surface area contributed by atoms with Crippen LogP contribution in [0.1, 0.15) is 115 Å². The fourth-order valence-corrected chi connectivity index (χ4v) is 5.21. The summed E-state index contributed by atoms with van der Waals surface area (Å²) in [6.45, 7) is 5.11. The predicted molar refractivity (Wildman–Crippen MR) is 168 cm³/mol. The zero-order valence-electron chi connectivity index (χ0n) is 25.7. The Labute approximate surface area is 243 Å². The third-order valence-corrected chi connectivity index (χ3v) is 7.75. The highest BCUT2D eigenvalue weighted by molar-refractivity contribution is 5.82. The molecule has 0 bridgehead atoms. The number of carbonyl (C=O) groups is 2. The van der Waals surface area contributed by atoms with Crippen molar-refractivity contribution in [3.8, 4) is 0 Å². The molecule has 7 nitrogen and oxygen atoms in total. The number of amides is 2. The minimum Gasteiger partial charge on any atom is -0.356 e. The Kier molecular flexibility index (Phi) is 18.1. The van der Waals surface area contributed by atoms with Gasteiger partial charge >= 0.3 is 0 Å². The van der Waals surface area contributed by atoms with Crippen LogP contribution in [0.4, 0.5) is 0 Å². The summed E-state index contributed by atoms with van der Waals surface area (Å²) in [4.78, 5) is 24.5. The third kappa shape index (κ3) is 14.3. The summed E-state index contributed by atoms with van der Waals surface area (Å²) in [6, 6.07) is 10.5. The molecule has 2 rings (SSSR count). The molecule has 3 N–H and O–H groups in total. The van der Waals surface area contributed by atoms with E-state index in [1.807, 2.05) is 25.2 Å². The van der Waals surface area contributed by atoms with Crippen LogP contribution in [0.25, 0.3) is 10.9 Å². The van der Waals surface area contributed by atoms with Gasteiger partial charge in [-0.2, -0.15) is 0 Å². The van der Waals surface area contributed by atoms with E-state index in [2.05, 4.69) is 51.8 Å². The Morgan fingerprint density at radius 3 is 1.93 bits per heavy atom. The lowest BCUT2D eigenvalue weighted by Crippen LogP contribution is -2.31. The number of benzene rings is 1. The topological polar surface area (TPSA) is 78.4 Å². The number of nitrogens with zero attached hydrogens (tertiary/aromatic N) is 2. The number of hydrogen-bond acceptors (Lipinski definition) is 4. The second-order valence-electron chi connectivity index (χ2n) is 11.2. The summed E-state index contributed by atoms with van der Waals surface area (Å²) in [5, 5.41) is 9.36. The van der Waals surface area contributed by atoms with Crippen molar-refractivity contribution in [2.75, 3.05) is 27.2 Å². The Bertz CT molecular complexity index is 957. The number of hydrazine groups is 1. The fraction of sp³-hybridized carbons (Fsp3) is 0.697. The monoisotopic (exact) mass is 555 g/mol. The first-order valence-electron chi connectivity index (χ1n) is 16.0. The molecule has 0 spiro atoms. The zero-order valence-corrected chi connectivity index (χ0v) is 25.7. The van der Waals surface area contributed by atoms with Crippen LogP contribution in [0.3, 0.4) is 0 Å². The number of para-hydroxylation sites is 1. The SMILES string of the molecule is CCCCCCCCCCCCCC(=O)NCCCCCNC(=O)CCn1c(CN(C)NC)cc2ccccc21. The lowest BCUT2D eigenvalue weighted by Gasteiger charge is -2.17. The molecule has 0 saturated heterocycles. The maximum absolute atomic E-state index is 12.5. The summed E-state index contributed by atoms with van der Waals surface area (Å²) < 4.78 is 2.25. The van der Waals surface area contributed by atoms with Crippen LogP contribution in [-0.2, 0) is 22.7 Å². The lowest BCUT2D eigenvalue weighted by atomic mass is 10.1. The number of carbonyl (C=O) groups excluding carboxylic acids is 2. The van der Waals surface area contributed by atoms with Crippen LogP contribution in [0, 0.1) is 0 Å². The number of aryl methyl sites for hydroxylation is 1. The molecule has 0 atom stereocenters. The van der Waals surface area contributed by atoms with Gasteiger partial charge in [-0.25, -0.2) is 5.01 Å². The normalized spacial score (nSPS) is 11.4. The third-order valence-electron chi connectivity index (χ3n) is 7.75. The van der Waals surface area contributed by atoms with E-state index in [-0.39, 0.29) is 11.8 Å². The number of unbranched alkanes of at least 4 members (excludes halogenated alkanes) is 12. The number of fused-ring (bicyclic) bond motifs is 1. The number of hydrogen-bond donors (Lipinski definition) is 3. The quantitative estimate of drug-likeness (QED) is 0.0995. The van der Waals surface area contributed by atoms with Gasteiger partial charge in [-0.1, -0.05) is 89.3 Å². The molecule has 0 aliphatic heterocycles. The fourth-order valence-electron chi connectivity index (χ4n) is 5.21. The molecular formula is C33H57N5O2. The first-order chi connectivity index (χ1) is 19.5. The molecule has 1 aromatic carbocycles. The van der Waals surface area contributed by atoms with Crippen molar-refractivity contribution in [1.82, 2.24) is 25.6 Å². The minimum atomic E-state index is 0.0889. The Morgan fingerprint density at radius 1 is 0.750 bits per heavy atom. The first kappa shape index (κ1) is 33.8. The molecule has 2 aromatic rings. The van der Waals surface area contributed by atoms with Gasteiger partial charge in [0.1, 0.15) is 0 Å². The van der Waals surface area contributed by atoms with E-state index in [9.17, 15) is 9.59 Å². The standard InChI is InChI=1S/C33H57N5O2/c1-4-5-6-7-8-9-10-11-12-13-15-22-32(39)35-24-18-14-19-25-36-33(40)23-26-38-30(28-37(3)34-2)27-29-20-16-17-21-31(29)38/h16-17,20-21,27,34H,4-15,18-19,22-26,28H2,1-3H3,(H,35,39)(H,36,40). The van der Waals surface area contributed by atoms with Gasteiger partial charge in [0.15, 0.2) is 0 Å². The highest BCUT2D eigenvalue weighted by Gasteiger charge is 2.11. The largest absolute Gasteiger partial charge is 0.356 e. The second kappa shape index (κ2) is 21.4. The molecule has 0 aliphatic carbocycles. The van der Waals surface area contributed by atoms with Crippen LogP contribution < -0.4 is 16.1 Å². The van der Waals surface area contributed by atoms with Crippen LogP contribution in [0.15, 0.2) is 30.3 Å². The van der Waals surface area contributed by atoms with E-state index < -0.39 is 0 Å². The van der Waals surface area contributed by atoms with E-state index >= 15 is 0 Å². The van der Waals surface area contributed by atoms with Crippen molar-refractivity contribution >= 4 is 22.7 Å². The van der Waals surface area contributed by atoms with Crippen molar-refractivity contribution in [2.45, 2.75) is 123 Å². The van der Waals surface area contributed by atoms with Gasteiger partial charge in [-0.15, -0.1) is 0 Å². The van der Waals surface area contributed by atoms with Crippen molar-refractivity contribution < 1.29 is 9.59 Å². The molecule has 0 unspecified atom stereocenters. The maximum atomic E-state index is 12.5. The number of nitrogens with one attached hydrogen (secondary N) is 3. The molecule has 7 heteroatoms. The number of aromatic nitrogens is 1. The lowest BCUT2D eigenvalue weighted by molar-refractivity contribution is -0.122. The molecule has 0 radical (unpaired) electrons. The molecule has 0 fully saturated rings. The molecule has 40 heavy (non-hydrogen) atoms. The average molecular weight is 556 g/mol. The van der Waals surface area contributed by atoms with E-state index in [1.54, 1.807) is 0 Å². The van der Waals surface area contributed by atoms with Crippen LogP contribution in [0.2, 0.25) is 0 Å². The maximum Gasteiger partial charge on any atom is 0.221 e. The molecule has 226 valence electrons. The van der Waals surface area contributed by atoms with Crippen molar-refractivity contribution in [2.24, 2.45) is 0 Å². The van der Waals surface area contributed by atoms with Gasteiger partial charge in [0.2, 0.25) is 11.8 Å². The number of rotatable bonds is 24. The van der Waals surface area contributed by atoms with Crippen molar-refractivity contribution in [3.05, 3.63) is 36.0 Å². The van der Waals surface area contributed by atoms with Gasteiger partial charge in [0, 0.05) is 50.7 Å².